The molecular weight excluding hydrogens is 541 g/mol. The maximum absolute atomic E-state index is 14.7. The van der Waals surface area contributed by atoms with Gasteiger partial charge in [-0.25, -0.2) is 0 Å². The number of rotatable bonds is 9. The second kappa shape index (κ2) is 9.24. The molecule has 37 heavy (non-hydrogen) atoms. The van der Waals surface area contributed by atoms with E-state index in [1.54, 1.807) is 0 Å². The number of aliphatic hydroxyl groups is 1. The minimum atomic E-state index is -8.01. The highest BCUT2D eigenvalue weighted by atomic mass is 19.4. The van der Waals surface area contributed by atoms with Crippen molar-refractivity contribution in [3.8, 4) is 0 Å². The third-order valence-corrected chi connectivity index (χ3v) is 5.59. The molecule has 0 spiro atoms. The van der Waals surface area contributed by atoms with Gasteiger partial charge >= 0.3 is 35.8 Å². The average molecular weight is 559 g/mol. The Morgan fingerprint density at radius 2 is 0.973 bits per heavy atom. The quantitative estimate of drug-likeness (QED) is 0.331. The van der Waals surface area contributed by atoms with E-state index in [2.05, 4.69) is 0 Å². The van der Waals surface area contributed by atoms with E-state index >= 15 is 0 Å². The summed E-state index contributed by atoms with van der Waals surface area (Å²) in [7, 11) is 3.07. The molecule has 208 valence electrons. The lowest BCUT2D eigenvalue weighted by atomic mass is 9.79. The van der Waals surface area contributed by atoms with Crippen molar-refractivity contribution in [3.63, 3.8) is 0 Å². The van der Waals surface area contributed by atoms with Gasteiger partial charge in [0.05, 0.1) is 6.42 Å². The minimum Gasteiger partial charge on any atom is -0.380 e. The molecule has 2 rings (SSSR count). The summed E-state index contributed by atoms with van der Waals surface area (Å²) in [5.41, 5.74) is -4.19. The van der Waals surface area contributed by atoms with Gasteiger partial charge in [0.25, 0.3) is 0 Å². The van der Waals surface area contributed by atoms with Gasteiger partial charge in [-0.3, -0.25) is 0 Å². The molecule has 0 aromatic heterocycles. The summed E-state index contributed by atoms with van der Waals surface area (Å²) >= 11 is 0. The Hall–Kier alpha value is -2.71. The molecule has 0 heterocycles. The molecule has 0 saturated carbocycles. The lowest BCUT2D eigenvalue weighted by Crippen LogP contribution is -2.70. The first-order chi connectivity index (χ1) is 16.5. The van der Waals surface area contributed by atoms with Crippen molar-refractivity contribution >= 4 is 5.69 Å². The monoisotopic (exact) mass is 559 g/mol. The van der Waals surface area contributed by atoms with Crippen molar-refractivity contribution in [3.05, 3.63) is 65.7 Å². The number of hydrogen-bond acceptors (Lipinski definition) is 2. The molecule has 0 radical (unpaired) electrons. The van der Waals surface area contributed by atoms with Crippen LogP contribution in [0.15, 0.2) is 54.6 Å². The lowest BCUT2D eigenvalue weighted by molar-refractivity contribution is -0.441. The summed E-state index contributed by atoms with van der Waals surface area (Å²) in [5, 5.41) is 11.1. The zero-order valence-corrected chi connectivity index (χ0v) is 18.7. The highest BCUT2D eigenvalue weighted by Crippen LogP contribution is 2.61. The third-order valence-electron chi connectivity index (χ3n) is 5.59. The fourth-order valence-corrected chi connectivity index (χ4v) is 3.35. The minimum absolute atomic E-state index is 0.386. The Balaban J connectivity index is 2.66. The van der Waals surface area contributed by atoms with Crippen LogP contribution in [0.1, 0.15) is 17.5 Å². The topological polar surface area (TPSA) is 23.5 Å². The van der Waals surface area contributed by atoms with Gasteiger partial charge in [-0.05, 0) is 23.3 Å². The first kappa shape index (κ1) is 30.5. The van der Waals surface area contributed by atoms with E-state index in [9.17, 15) is 62.2 Å². The maximum atomic E-state index is 14.7. The molecule has 0 aliphatic carbocycles. The second-order valence-corrected chi connectivity index (χ2v) is 8.34. The van der Waals surface area contributed by atoms with Crippen LogP contribution in [0.2, 0.25) is 0 Å². The standard InChI is InChI=1S/C22H18F13NO/c1-36(2)15-10-8-14(9-11-15)16(37,13-6-4-3-5-7-13)12-17(23,24)18(25,26)19(27,28)20(29,30)21(31,32)22(33,34)35/h3-11,37H,12H2,1-2H3. The Bertz CT molecular complexity index is 1070. The molecule has 0 bridgehead atoms. The molecule has 0 saturated heterocycles. The lowest BCUT2D eigenvalue weighted by Gasteiger charge is -2.42. The fourth-order valence-electron chi connectivity index (χ4n) is 3.35. The first-order valence-corrected chi connectivity index (χ1v) is 9.99. The van der Waals surface area contributed by atoms with Gasteiger partial charge in [-0.1, -0.05) is 42.5 Å². The van der Waals surface area contributed by atoms with E-state index in [1.807, 2.05) is 0 Å². The van der Waals surface area contributed by atoms with Crippen molar-refractivity contribution < 1.29 is 62.2 Å². The summed E-state index contributed by atoms with van der Waals surface area (Å²) in [6.45, 7) is 0. The van der Waals surface area contributed by atoms with Crippen molar-refractivity contribution in [2.45, 2.75) is 47.8 Å². The van der Waals surface area contributed by atoms with Crippen molar-refractivity contribution in [1.82, 2.24) is 0 Å². The molecule has 0 amide bonds. The largest absolute Gasteiger partial charge is 0.460 e. The SMILES string of the molecule is CN(C)c1ccc(C(O)(CC(F)(F)C(F)(F)C(F)(F)C(F)(F)C(F)(F)C(F)(F)F)c2ccccc2)cc1. The van der Waals surface area contributed by atoms with E-state index in [0.29, 0.717) is 5.69 Å². The van der Waals surface area contributed by atoms with Crippen LogP contribution in [0.3, 0.4) is 0 Å². The van der Waals surface area contributed by atoms with Gasteiger partial charge in [0.15, 0.2) is 0 Å². The molecule has 0 aliphatic rings. The Morgan fingerprint density at radius 3 is 1.38 bits per heavy atom. The highest BCUT2D eigenvalue weighted by molar-refractivity contribution is 5.49. The maximum Gasteiger partial charge on any atom is 0.460 e. The molecular formula is C22H18F13NO. The van der Waals surface area contributed by atoms with Crippen molar-refractivity contribution in [1.29, 1.82) is 0 Å². The van der Waals surface area contributed by atoms with Crippen LogP contribution in [0.4, 0.5) is 62.8 Å². The summed E-state index contributed by atoms with van der Waals surface area (Å²) in [6.07, 6.45) is -10.3. The molecule has 15 heteroatoms. The zero-order chi connectivity index (χ0) is 28.9. The van der Waals surface area contributed by atoms with Gasteiger partial charge in [0.2, 0.25) is 0 Å². The molecule has 2 nitrogen and oxygen atoms in total. The van der Waals surface area contributed by atoms with Crippen LogP contribution in [-0.2, 0) is 5.60 Å². The molecule has 0 fully saturated rings. The molecule has 2 aromatic rings. The van der Waals surface area contributed by atoms with E-state index in [4.69, 9.17) is 0 Å². The van der Waals surface area contributed by atoms with Gasteiger partial charge in [0.1, 0.15) is 5.60 Å². The molecule has 0 aliphatic heterocycles. The van der Waals surface area contributed by atoms with Crippen LogP contribution in [0.25, 0.3) is 0 Å². The summed E-state index contributed by atoms with van der Waals surface area (Å²) < 4.78 is 176. The number of anilines is 1. The molecule has 1 N–H and O–H groups in total. The number of halogens is 13. The number of benzene rings is 2. The molecule has 2 aromatic carbocycles. The van der Waals surface area contributed by atoms with Gasteiger partial charge in [-0.2, -0.15) is 57.1 Å². The number of hydrogen-bond donors (Lipinski definition) is 1. The molecule has 1 atom stereocenters. The average Bonchev–Trinajstić information content (AvgIpc) is 2.78. The summed E-state index contributed by atoms with van der Waals surface area (Å²) in [5.74, 6) is -37.7. The normalized spacial score (nSPS) is 15.9. The number of alkyl halides is 13. The van der Waals surface area contributed by atoms with Gasteiger partial charge in [-0.15, -0.1) is 0 Å². The summed E-state index contributed by atoms with van der Waals surface area (Å²) in [4.78, 5) is 1.48. The first-order valence-electron chi connectivity index (χ1n) is 9.99. The van der Waals surface area contributed by atoms with Crippen molar-refractivity contribution in [2.24, 2.45) is 0 Å². The van der Waals surface area contributed by atoms with E-state index < -0.39 is 58.9 Å². The van der Waals surface area contributed by atoms with Crippen LogP contribution in [0, 0.1) is 0 Å². The Labute approximate surface area is 201 Å². The van der Waals surface area contributed by atoms with Crippen LogP contribution >= 0.6 is 0 Å². The van der Waals surface area contributed by atoms with Crippen LogP contribution < -0.4 is 4.90 Å². The number of nitrogens with zero attached hydrogens (tertiary/aromatic N) is 1. The van der Waals surface area contributed by atoms with E-state index in [1.165, 1.54) is 37.2 Å². The van der Waals surface area contributed by atoms with Crippen LogP contribution in [-0.4, -0.2) is 55.0 Å². The zero-order valence-electron chi connectivity index (χ0n) is 18.7. The second-order valence-electron chi connectivity index (χ2n) is 8.34. The smallest absolute Gasteiger partial charge is 0.380 e. The highest BCUT2D eigenvalue weighted by Gasteiger charge is 2.90. The summed E-state index contributed by atoms with van der Waals surface area (Å²) in [6, 6.07) is 9.48. The van der Waals surface area contributed by atoms with Gasteiger partial charge < -0.3 is 10.0 Å². The predicted molar refractivity (Wildman–Crippen MR) is 106 cm³/mol. The molecule has 1 unspecified atom stereocenters. The Kier molecular flexibility index (Phi) is 7.62. The third kappa shape index (κ3) is 4.81. The van der Waals surface area contributed by atoms with Gasteiger partial charge in [0, 0.05) is 19.8 Å². The Morgan fingerprint density at radius 1 is 0.568 bits per heavy atom. The fraction of sp³-hybridized carbons (Fsp3) is 0.455. The predicted octanol–water partition coefficient (Wildman–Crippen LogP) is 7.12. The van der Waals surface area contributed by atoms with E-state index in [0.717, 1.165) is 36.4 Å². The van der Waals surface area contributed by atoms with E-state index in [-0.39, 0.29) is 0 Å². The van der Waals surface area contributed by atoms with Crippen molar-refractivity contribution in [2.75, 3.05) is 19.0 Å². The van der Waals surface area contributed by atoms with Crippen LogP contribution in [0.5, 0.6) is 0 Å².